The van der Waals surface area contributed by atoms with Gasteiger partial charge < -0.3 is 24.4 Å². The first-order chi connectivity index (χ1) is 12.4. The second-order valence-corrected chi connectivity index (χ2v) is 8.24. The molecule has 26 heavy (non-hydrogen) atoms. The smallest absolute Gasteiger partial charge is 0.318 e. The number of benzene rings is 1. The van der Waals surface area contributed by atoms with Gasteiger partial charge in [-0.25, -0.2) is 4.79 Å². The Kier molecular flexibility index (Phi) is 4.47. The van der Waals surface area contributed by atoms with Crippen LogP contribution in [0.2, 0.25) is 0 Å². The second-order valence-electron chi connectivity index (χ2n) is 8.24. The highest BCUT2D eigenvalue weighted by molar-refractivity contribution is 5.75. The van der Waals surface area contributed by atoms with Crippen molar-refractivity contribution in [1.29, 1.82) is 0 Å². The standard InChI is InChI=1S/C20H28N2O4/c1-13-11-22(12-20(2,3)26-13)19(23)21-18(14-4-5-14)15-6-7-16-17(10-15)25-9-8-24-16/h6-7,10,13-14,18H,4-5,8-9,11-12H2,1-3H3,(H,21,23). The monoisotopic (exact) mass is 360 g/mol. The van der Waals surface area contributed by atoms with Crippen LogP contribution in [-0.2, 0) is 4.74 Å². The molecular formula is C20H28N2O4. The maximum absolute atomic E-state index is 12.9. The predicted octanol–water partition coefficient (Wildman–Crippen LogP) is 3.12. The van der Waals surface area contributed by atoms with Gasteiger partial charge in [0.2, 0.25) is 0 Å². The van der Waals surface area contributed by atoms with Crippen LogP contribution < -0.4 is 14.8 Å². The summed E-state index contributed by atoms with van der Waals surface area (Å²) >= 11 is 0. The molecule has 2 fully saturated rings. The molecule has 6 heteroatoms. The molecule has 2 unspecified atom stereocenters. The summed E-state index contributed by atoms with van der Waals surface area (Å²) in [5.41, 5.74) is 0.770. The highest BCUT2D eigenvalue weighted by Crippen LogP contribution is 2.43. The Balaban J connectivity index is 1.50. The molecule has 2 atom stereocenters. The van der Waals surface area contributed by atoms with E-state index in [0.717, 1.165) is 29.9 Å². The highest BCUT2D eigenvalue weighted by atomic mass is 16.6. The quantitative estimate of drug-likeness (QED) is 0.900. The molecule has 6 nitrogen and oxygen atoms in total. The van der Waals surface area contributed by atoms with Crippen molar-refractivity contribution in [3.05, 3.63) is 23.8 Å². The van der Waals surface area contributed by atoms with Crippen molar-refractivity contribution in [2.24, 2.45) is 5.92 Å². The van der Waals surface area contributed by atoms with Gasteiger partial charge in [-0.1, -0.05) is 6.07 Å². The van der Waals surface area contributed by atoms with Gasteiger partial charge in [0.05, 0.1) is 24.3 Å². The maximum Gasteiger partial charge on any atom is 0.318 e. The molecule has 2 amide bonds. The fourth-order valence-corrected chi connectivity index (χ4v) is 3.99. The van der Waals surface area contributed by atoms with Crippen molar-refractivity contribution >= 4 is 6.03 Å². The van der Waals surface area contributed by atoms with E-state index in [1.54, 1.807) is 0 Å². The number of rotatable bonds is 3. The Morgan fingerprint density at radius 2 is 1.96 bits per heavy atom. The number of nitrogens with one attached hydrogen (secondary N) is 1. The molecule has 0 radical (unpaired) electrons. The molecule has 142 valence electrons. The third kappa shape index (κ3) is 3.75. The van der Waals surface area contributed by atoms with Crippen LogP contribution in [0.25, 0.3) is 0 Å². The summed E-state index contributed by atoms with van der Waals surface area (Å²) in [6, 6.07) is 6.01. The van der Waals surface area contributed by atoms with Crippen molar-refractivity contribution in [2.75, 3.05) is 26.3 Å². The Bertz CT molecular complexity index is 686. The molecule has 1 saturated carbocycles. The van der Waals surface area contributed by atoms with Crippen molar-refractivity contribution in [2.45, 2.75) is 51.4 Å². The van der Waals surface area contributed by atoms with Crippen LogP contribution in [0, 0.1) is 5.92 Å². The first-order valence-corrected chi connectivity index (χ1v) is 9.54. The average Bonchev–Trinajstić information content (AvgIpc) is 3.42. The van der Waals surface area contributed by atoms with Gasteiger partial charge in [0.1, 0.15) is 13.2 Å². The molecule has 1 N–H and O–H groups in total. The lowest BCUT2D eigenvalue weighted by Gasteiger charge is -2.42. The van der Waals surface area contributed by atoms with Gasteiger partial charge >= 0.3 is 6.03 Å². The van der Waals surface area contributed by atoms with E-state index in [1.165, 1.54) is 0 Å². The van der Waals surface area contributed by atoms with Crippen LogP contribution in [0.1, 0.15) is 45.2 Å². The number of amides is 2. The number of hydrogen-bond donors (Lipinski definition) is 1. The summed E-state index contributed by atoms with van der Waals surface area (Å²) in [4.78, 5) is 14.8. The van der Waals surface area contributed by atoms with Gasteiger partial charge in [-0.3, -0.25) is 0 Å². The van der Waals surface area contributed by atoms with Gasteiger partial charge in [0.25, 0.3) is 0 Å². The third-order valence-corrected chi connectivity index (χ3v) is 5.15. The highest BCUT2D eigenvalue weighted by Gasteiger charge is 2.38. The normalized spacial score (nSPS) is 25.5. The summed E-state index contributed by atoms with van der Waals surface area (Å²) in [5, 5.41) is 3.27. The summed E-state index contributed by atoms with van der Waals surface area (Å²) < 4.78 is 17.2. The lowest BCUT2D eigenvalue weighted by molar-refractivity contribution is -0.117. The largest absolute Gasteiger partial charge is 0.486 e. The number of carbonyl (C=O) groups is 1. The molecule has 1 aromatic rings. The van der Waals surface area contributed by atoms with Crippen LogP contribution in [0.5, 0.6) is 11.5 Å². The van der Waals surface area contributed by atoms with Crippen LogP contribution >= 0.6 is 0 Å². The minimum absolute atomic E-state index is 0.0135. The predicted molar refractivity (Wildman–Crippen MR) is 97.6 cm³/mol. The molecule has 2 heterocycles. The molecule has 4 rings (SSSR count). The summed E-state index contributed by atoms with van der Waals surface area (Å²) in [6.45, 7) is 8.44. The van der Waals surface area contributed by atoms with Crippen molar-refractivity contribution in [3.63, 3.8) is 0 Å². The number of ether oxygens (including phenoxy) is 3. The van der Waals surface area contributed by atoms with E-state index in [-0.39, 0.29) is 23.8 Å². The molecule has 3 aliphatic rings. The molecule has 0 bridgehead atoms. The Labute approximate surface area is 154 Å². The van der Waals surface area contributed by atoms with E-state index in [4.69, 9.17) is 14.2 Å². The number of nitrogens with zero attached hydrogens (tertiary/aromatic N) is 1. The average molecular weight is 360 g/mol. The van der Waals surface area contributed by atoms with E-state index in [1.807, 2.05) is 43.9 Å². The zero-order chi connectivity index (χ0) is 18.3. The molecule has 0 spiro atoms. The fourth-order valence-electron chi connectivity index (χ4n) is 3.99. The summed E-state index contributed by atoms with van der Waals surface area (Å²) in [6.07, 6.45) is 2.33. The first-order valence-electron chi connectivity index (χ1n) is 9.54. The molecule has 0 aromatic heterocycles. The van der Waals surface area contributed by atoms with Crippen molar-refractivity contribution < 1.29 is 19.0 Å². The third-order valence-electron chi connectivity index (χ3n) is 5.15. The van der Waals surface area contributed by atoms with E-state index in [2.05, 4.69) is 5.32 Å². The van der Waals surface area contributed by atoms with Gasteiger partial charge in [-0.2, -0.15) is 0 Å². The van der Waals surface area contributed by atoms with E-state index < -0.39 is 0 Å². The number of hydrogen-bond acceptors (Lipinski definition) is 4. The number of fused-ring (bicyclic) bond motifs is 1. The zero-order valence-electron chi connectivity index (χ0n) is 15.8. The van der Waals surface area contributed by atoms with E-state index in [0.29, 0.717) is 32.2 Å². The van der Waals surface area contributed by atoms with Crippen LogP contribution in [0.3, 0.4) is 0 Å². The Morgan fingerprint density at radius 3 is 2.65 bits per heavy atom. The lowest BCUT2D eigenvalue weighted by Crippen LogP contribution is -2.56. The van der Waals surface area contributed by atoms with E-state index in [9.17, 15) is 4.79 Å². The van der Waals surface area contributed by atoms with Gasteiger partial charge in [0.15, 0.2) is 11.5 Å². The maximum atomic E-state index is 12.9. The van der Waals surface area contributed by atoms with Gasteiger partial charge in [-0.15, -0.1) is 0 Å². The van der Waals surface area contributed by atoms with E-state index >= 15 is 0 Å². The Morgan fingerprint density at radius 1 is 1.23 bits per heavy atom. The topological polar surface area (TPSA) is 60.0 Å². The summed E-state index contributed by atoms with van der Waals surface area (Å²) in [5.74, 6) is 2.05. The number of morpholine rings is 1. The van der Waals surface area contributed by atoms with Crippen molar-refractivity contribution in [3.8, 4) is 11.5 Å². The second kappa shape index (κ2) is 6.65. The molecular weight excluding hydrogens is 332 g/mol. The molecule has 1 saturated heterocycles. The number of carbonyl (C=O) groups excluding carboxylic acids is 1. The minimum atomic E-state index is -0.318. The van der Waals surface area contributed by atoms with Crippen LogP contribution in [-0.4, -0.2) is 48.9 Å². The lowest BCUT2D eigenvalue weighted by atomic mass is 10.0. The van der Waals surface area contributed by atoms with Gasteiger partial charge in [-0.05, 0) is 57.2 Å². The first kappa shape index (κ1) is 17.5. The van der Waals surface area contributed by atoms with Gasteiger partial charge in [0, 0.05) is 6.54 Å². The minimum Gasteiger partial charge on any atom is -0.486 e. The molecule has 2 aliphatic heterocycles. The zero-order valence-corrected chi connectivity index (χ0v) is 15.8. The fraction of sp³-hybridized carbons (Fsp3) is 0.650. The number of urea groups is 1. The van der Waals surface area contributed by atoms with Crippen molar-refractivity contribution in [1.82, 2.24) is 10.2 Å². The molecule has 1 aromatic carbocycles. The molecule has 1 aliphatic carbocycles. The SMILES string of the molecule is CC1CN(C(=O)NC(c2ccc3c(c2)OCCO3)C2CC2)CC(C)(C)O1. The Hall–Kier alpha value is -1.95. The summed E-state index contributed by atoms with van der Waals surface area (Å²) in [7, 11) is 0. The van der Waals surface area contributed by atoms with Crippen LogP contribution in [0.15, 0.2) is 18.2 Å². The van der Waals surface area contributed by atoms with Crippen LogP contribution in [0.4, 0.5) is 4.79 Å².